The van der Waals surface area contributed by atoms with Gasteiger partial charge in [-0.15, -0.1) is 0 Å². The highest BCUT2D eigenvalue weighted by Gasteiger charge is 2.02. The molecule has 86 valence electrons. The average molecular weight is 249 g/mol. The zero-order chi connectivity index (χ0) is 12.3. The number of thiazole rings is 1. The van der Waals surface area contributed by atoms with Crippen LogP contribution >= 0.6 is 11.3 Å². The molecule has 2 rings (SSSR count). The summed E-state index contributed by atoms with van der Waals surface area (Å²) in [6.07, 6.45) is 0. The molecule has 0 aliphatic rings. The number of nitrogens with one attached hydrogen (secondary N) is 2. The zero-order valence-electron chi connectivity index (χ0n) is 8.66. The Bertz CT molecular complexity index is 626. The van der Waals surface area contributed by atoms with Gasteiger partial charge in [0.05, 0.1) is 12.1 Å². The Hall–Kier alpha value is -2.13. The second kappa shape index (κ2) is 4.80. The van der Waals surface area contributed by atoms with Crippen LogP contribution in [0.25, 0.3) is 0 Å². The van der Waals surface area contributed by atoms with Gasteiger partial charge in [0.2, 0.25) is 0 Å². The fourth-order valence-electron chi connectivity index (χ4n) is 1.31. The minimum Gasteiger partial charge on any atom is -0.379 e. The minimum atomic E-state index is -0.559. The van der Waals surface area contributed by atoms with Gasteiger partial charge in [-0.2, -0.15) is 5.26 Å². The maximum absolute atomic E-state index is 13.3. The third-order valence-electron chi connectivity index (χ3n) is 2.14. The van der Waals surface area contributed by atoms with E-state index in [1.807, 2.05) is 0 Å². The molecule has 0 aliphatic carbocycles. The Morgan fingerprint density at radius 3 is 2.94 bits per heavy atom. The molecule has 4 nitrogen and oxygen atoms in total. The summed E-state index contributed by atoms with van der Waals surface area (Å²) in [5, 5.41) is 13.2. The van der Waals surface area contributed by atoms with Crippen LogP contribution in [0.2, 0.25) is 0 Å². The van der Waals surface area contributed by atoms with Crippen molar-refractivity contribution in [2.75, 3.05) is 5.32 Å². The Labute approximate surface area is 100 Å². The third-order valence-corrected chi connectivity index (χ3v) is 2.86. The molecule has 0 amide bonds. The van der Waals surface area contributed by atoms with E-state index in [1.54, 1.807) is 17.5 Å². The van der Waals surface area contributed by atoms with Crippen LogP contribution in [-0.4, -0.2) is 4.98 Å². The fourth-order valence-corrected chi connectivity index (χ4v) is 1.90. The van der Waals surface area contributed by atoms with Crippen molar-refractivity contribution in [3.05, 3.63) is 50.3 Å². The first-order valence-electron chi connectivity index (χ1n) is 4.79. The number of aromatic amines is 1. The number of benzene rings is 1. The van der Waals surface area contributed by atoms with Gasteiger partial charge in [-0.1, -0.05) is 11.3 Å². The minimum absolute atomic E-state index is 0.0134. The van der Waals surface area contributed by atoms with Gasteiger partial charge in [0.25, 0.3) is 0 Å². The summed E-state index contributed by atoms with van der Waals surface area (Å²) in [4.78, 5) is 13.4. The topological polar surface area (TPSA) is 68.7 Å². The van der Waals surface area contributed by atoms with Gasteiger partial charge < -0.3 is 10.3 Å². The molecule has 6 heteroatoms. The molecule has 0 atom stereocenters. The first-order valence-corrected chi connectivity index (χ1v) is 5.67. The predicted octanol–water partition coefficient (Wildman–Crippen LogP) is 2.06. The average Bonchev–Trinajstić information content (AvgIpc) is 2.73. The van der Waals surface area contributed by atoms with Crippen LogP contribution in [0.4, 0.5) is 10.1 Å². The van der Waals surface area contributed by atoms with Gasteiger partial charge in [-0.25, -0.2) is 4.39 Å². The lowest BCUT2D eigenvalue weighted by atomic mass is 10.2. The van der Waals surface area contributed by atoms with Gasteiger partial charge in [-0.05, 0) is 18.2 Å². The molecule has 2 N–H and O–H groups in total. The van der Waals surface area contributed by atoms with Crippen molar-refractivity contribution < 1.29 is 4.39 Å². The number of anilines is 1. The number of rotatable bonds is 3. The van der Waals surface area contributed by atoms with Crippen molar-refractivity contribution >= 4 is 17.0 Å². The van der Waals surface area contributed by atoms with Gasteiger partial charge >= 0.3 is 4.87 Å². The first-order chi connectivity index (χ1) is 8.19. The second-order valence-corrected chi connectivity index (χ2v) is 4.18. The molecule has 1 aromatic heterocycles. The summed E-state index contributed by atoms with van der Waals surface area (Å²) in [6, 6.07) is 6.03. The Kier molecular flexibility index (Phi) is 3.21. The van der Waals surface area contributed by atoms with Gasteiger partial charge in [0.1, 0.15) is 11.9 Å². The van der Waals surface area contributed by atoms with Crippen LogP contribution in [0.1, 0.15) is 11.3 Å². The Morgan fingerprint density at radius 2 is 2.35 bits per heavy atom. The summed E-state index contributed by atoms with van der Waals surface area (Å²) in [6.45, 7) is 0.407. The number of hydrogen-bond donors (Lipinski definition) is 2. The summed E-state index contributed by atoms with van der Waals surface area (Å²) in [5.41, 5.74) is 1.32. The molecule has 17 heavy (non-hydrogen) atoms. The van der Waals surface area contributed by atoms with Gasteiger partial charge in [-0.3, -0.25) is 4.79 Å². The molecule has 0 fully saturated rings. The molecule has 0 saturated carbocycles. The lowest BCUT2D eigenvalue weighted by Crippen LogP contribution is -2.03. The van der Waals surface area contributed by atoms with E-state index in [9.17, 15) is 9.18 Å². The number of halogens is 1. The van der Waals surface area contributed by atoms with Crippen molar-refractivity contribution in [3.63, 3.8) is 0 Å². The molecule has 1 heterocycles. The van der Waals surface area contributed by atoms with Gasteiger partial charge in [0, 0.05) is 16.8 Å². The number of nitrogens with zero attached hydrogens (tertiary/aromatic N) is 1. The molecule has 0 radical (unpaired) electrons. The lowest BCUT2D eigenvalue weighted by Gasteiger charge is -2.05. The number of hydrogen-bond acceptors (Lipinski definition) is 4. The van der Waals surface area contributed by atoms with Crippen molar-refractivity contribution in [3.8, 4) is 6.07 Å². The summed E-state index contributed by atoms with van der Waals surface area (Å²) in [5.74, 6) is -0.559. The zero-order valence-corrected chi connectivity index (χ0v) is 9.47. The van der Waals surface area contributed by atoms with Crippen LogP contribution in [0.5, 0.6) is 0 Å². The highest BCUT2D eigenvalue weighted by molar-refractivity contribution is 7.07. The second-order valence-electron chi connectivity index (χ2n) is 3.33. The molecular formula is C11H8FN3OS. The quantitative estimate of drug-likeness (QED) is 0.874. The SMILES string of the molecule is N#Cc1ccc(NCc2csc(=O)[nH]2)cc1F. The first kappa shape index (κ1) is 11.4. The van der Waals surface area contributed by atoms with Crippen molar-refractivity contribution in [1.29, 1.82) is 5.26 Å². The van der Waals surface area contributed by atoms with Crippen LogP contribution in [0.15, 0.2) is 28.4 Å². The number of H-pyrrole nitrogens is 1. The molecule has 0 bridgehead atoms. The van der Waals surface area contributed by atoms with E-state index in [1.165, 1.54) is 12.1 Å². The van der Waals surface area contributed by atoms with Crippen LogP contribution in [0.3, 0.4) is 0 Å². The summed E-state index contributed by atoms with van der Waals surface area (Å²) >= 11 is 1.08. The molecule has 1 aromatic carbocycles. The number of aromatic nitrogens is 1. The molecule has 0 saturated heterocycles. The highest BCUT2D eigenvalue weighted by atomic mass is 32.1. The standard InChI is InChI=1S/C11H8FN3OS/c12-10-3-8(2-1-7(10)4-13)14-5-9-6-17-11(16)15-9/h1-3,6,14H,5H2,(H,15,16). The maximum atomic E-state index is 13.3. The van der Waals surface area contributed by atoms with Gasteiger partial charge in [0.15, 0.2) is 0 Å². The van der Waals surface area contributed by atoms with Crippen LogP contribution < -0.4 is 10.2 Å². The smallest absolute Gasteiger partial charge is 0.304 e. The van der Waals surface area contributed by atoms with Crippen molar-refractivity contribution in [2.24, 2.45) is 0 Å². The largest absolute Gasteiger partial charge is 0.379 e. The van der Waals surface area contributed by atoms with E-state index in [4.69, 9.17) is 5.26 Å². The monoisotopic (exact) mass is 249 g/mol. The molecule has 0 spiro atoms. The maximum Gasteiger partial charge on any atom is 0.304 e. The van der Waals surface area contributed by atoms with E-state index in [-0.39, 0.29) is 10.4 Å². The van der Waals surface area contributed by atoms with Crippen molar-refractivity contribution in [2.45, 2.75) is 6.54 Å². The lowest BCUT2D eigenvalue weighted by molar-refractivity contribution is 0.624. The molecular weight excluding hydrogens is 241 g/mol. The Balaban J connectivity index is 2.07. The molecule has 2 aromatic rings. The highest BCUT2D eigenvalue weighted by Crippen LogP contribution is 2.14. The van der Waals surface area contributed by atoms with E-state index in [2.05, 4.69) is 10.3 Å². The normalized spacial score (nSPS) is 9.88. The predicted molar refractivity (Wildman–Crippen MR) is 63.4 cm³/mol. The van der Waals surface area contributed by atoms with E-state index < -0.39 is 5.82 Å². The third kappa shape index (κ3) is 2.71. The fraction of sp³-hybridized carbons (Fsp3) is 0.0909. The van der Waals surface area contributed by atoms with Crippen molar-refractivity contribution in [1.82, 2.24) is 4.98 Å². The summed E-state index contributed by atoms with van der Waals surface area (Å²) < 4.78 is 13.3. The Morgan fingerprint density at radius 1 is 1.53 bits per heavy atom. The van der Waals surface area contributed by atoms with Crippen LogP contribution in [-0.2, 0) is 6.54 Å². The molecule has 0 unspecified atom stereocenters. The molecule has 0 aliphatic heterocycles. The van der Waals surface area contributed by atoms with E-state index in [0.29, 0.717) is 12.2 Å². The van der Waals surface area contributed by atoms with E-state index in [0.717, 1.165) is 17.0 Å². The van der Waals surface area contributed by atoms with Crippen LogP contribution in [0, 0.1) is 17.1 Å². The summed E-state index contributed by atoms with van der Waals surface area (Å²) in [7, 11) is 0. The van der Waals surface area contributed by atoms with E-state index >= 15 is 0 Å². The number of nitriles is 1.